The van der Waals surface area contributed by atoms with Crippen LogP contribution < -0.4 is 0 Å². The SMILES string of the molecule is Cc1noc(C)c1C1CCCN1S(=O)(=O)c1ccc(Cl)s1. The van der Waals surface area contributed by atoms with Gasteiger partial charge in [0.05, 0.1) is 16.1 Å². The molecule has 0 aliphatic carbocycles. The highest BCUT2D eigenvalue weighted by Crippen LogP contribution is 2.40. The summed E-state index contributed by atoms with van der Waals surface area (Å²) in [6.07, 6.45) is 1.61. The standard InChI is InChI=1S/C13H15ClN2O3S2/c1-8-13(9(2)19-15-8)10-4-3-7-16(10)21(17,18)12-6-5-11(14)20-12/h5-6,10H,3-4,7H2,1-2H3. The normalized spacial score (nSPS) is 20.2. The van der Waals surface area contributed by atoms with Crippen LogP contribution in [0.3, 0.4) is 0 Å². The van der Waals surface area contributed by atoms with Crippen molar-refractivity contribution in [1.29, 1.82) is 0 Å². The fraction of sp³-hybridized carbons (Fsp3) is 0.462. The second-order valence-corrected chi connectivity index (χ2v) is 8.90. The lowest BCUT2D eigenvalue weighted by Crippen LogP contribution is -2.30. The third-order valence-electron chi connectivity index (χ3n) is 3.74. The third-order valence-corrected chi connectivity index (χ3v) is 7.34. The van der Waals surface area contributed by atoms with Gasteiger partial charge in [0.2, 0.25) is 0 Å². The molecule has 1 aliphatic heterocycles. The summed E-state index contributed by atoms with van der Waals surface area (Å²) in [5.41, 5.74) is 1.64. The van der Waals surface area contributed by atoms with Crippen LogP contribution in [0.5, 0.6) is 0 Å². The van der Waals surface area contributed by atoms with E-state index in [4.69, 9.17) is 16.1 Å². The monoisotopic (exact) mass is 346 g/mol. The number of sulfonamides is 1. The fourth-order valence-corrected chi connectivity index (χ4v) is 6.11. The molecule has 3 rings (SSSR count). The highest BCUT2D eigenvalue weighted by molar-refractivity contribution is 7.91. The fourth-order valence-electron chi connectivity index (χ4n) is 2.83. The molecule has 2 aromatic heterocycles. The Morgan fingerprint density at radius 1 is 1.43 bits per heavy atom. The van der Waals surface area contributed by atoms with Crippen LogP contribution in [0.4, 0.5) is 0 Å². The lowest BCUT2D eigenvalue weighted by molar-refractivity contribution is 0.376. The van der Waals surface area contributed by atoms with E-state index < -0.39 is 10.0 Å². The smallest absolute Gasteiger partial charge is 0.253 e. The minimum absolute atomic E-state index is 0.206. The molecule has 3 heterocycles. The number of aromatic nitrogens is 1. The molecule has 2 aromatic rings. The van der Waals surface area contributed by atoms with Crippen LogP contribution in [-0.2, 0) is 10.0 Å². The molecule has 0 saturated carbocycles. The van der Waals surface area contributed by atoms with Crippen molar-refractivity contribution in [2.45, 2.75) is 36.9 Å². The molecule has 0 bridgehead atoms. The van der Waals surface area contributed by atoms with Gasteiger partial charge in [0, 0.05) is 12.1 Å². The van der Waals surface area contributed by atoms with E-state index >= 15 is 0 Å². The van der Waals surface area contributed by atoms with Crippen LogP contribution in [0.15, 0.2) is 20.9 Å². The molecule has 1 aliphatic rings. The Labute approximate surface area is 132 Å². The molecule has 0 N–H and O–H groups in total. The van der Waals surface area contributed by atoms with E-state index in [0.717, 1.165) is 35.4 Å². The van der Waals surface area contributed by atoms with Crippen molar-refractivity contribution < 1.29 is 12.9 Å². The van der Waals surface area contributed by atoms with E-state index in [2.05, 4.69) is 5.16 Å². The molecule has 0 amide bonds. The third kappa shape index (κ3) is 2.52. The van der Waals surface area contributed by atoms with Gasteiger partial charge in [-0.05, 0) is 38.8 Å². The Morgan fingerprint density at radius 3 is 2.76 bits per heavy atom. The maximum Gasteiger partial charge on any atom is 0.253 e. The first-order valence-corrected chi connectivity index (χ1v) is 9.24. The van der Waals surface area contributed by atoms with Gasteiger partial charge in [0.25, 0.3) is 10.0 Å². The van der Waals surface area contributed by atoms with Crippen molar-refractivity contribution in [3.05, 3.63) is 33.5 Å². The average molecular weight is 347 g/mol. The summed E-state index contributed by atoms with van der Waals surface area (Å²) in [6, 6.07) is 2.97. The van der Waals surface area contributed by atoms with Gasteiger partial charge in [-0.25, -0.2) is 8.42 Å². The van der Waals surface area contributed by atoms with Gasteiger partial charge < -0.3 is 4.52 Å². The zero-order valence-corrected chi connectivity index (χ0v) is 14.1. The van der Waals surface area contributed by atoms with Crippen molar-refractivity contribution in [2.24, 2.45) is 0 Å². The number of hydrogen-bond acceptors (Lipinski definition) is 5. The molecule has 0 radical (unpaired) electrons. The van der Waals surface area contributed by atoms with Crippen LogP contribution in [-0.4, -0.2) is 24.4 Å². The molecule has 21 heavy (non-hydrogen) atoms. The Balaban J connectivity index is 2.02. The van der Waals surface area contributed by atoms with Gasteiger partial charge in [0.15, 0.2) is 0 Å². The second-order valence-electron chi connectivity index (χ2n) is 5.07. The van der Waals surface area contributed by atoms with Crippen LogP contribution in [0.1, 0.15) is 35.9 Å². The van der Waals surface area contributed by atoms with Crippen LogP contribution in [0, 0.1) is 13.8 Å². The number of halogens is 1. The lowest BCUT2D eigenvalue weighted by atomic mass is 10.0. The molecule has 0 aromatic carbocycles. The van der Waals surface area contributed by atoms with Crippen molar-refractivity contribution in [3.8, 4) is 0 Å². The minimum atomic E-state index is -3.53. The van der Waals surface area contributed by atoms with Crippen LogP contribution in [0.2, 0.25) is 4.34 Å². The van der Waals surface area contributed by atoms with E-state index in [0.29, 0.717) is 16.6 Å². The Kier molecular flexibility index (Phi) is 3.85. The van der Waals surface area contributed by atoms with Gasteiger partial charge in [-0.3, -0.25) is 0 Å². The summed E-state index contributed by atoms with van der Waals surface area (Å²) in [5.74, 6) is 0.684. The highest BCUT2D eigenvalue weighted by atomic mass is 35.5. The highest BCUT2D eigenvalue weighted by Gasteiger charge is 2.39. The van der Waals surface area contributed by atoms with Crippen molar-refractivity contribution in [3.63, 3.8) is 0 Å². The second kappa shape index (κ2) is 5.39. The Bertz CT molecular complexity index is 747. The molecule has 114 valence electrons. The van der Waals surface area contributed by atoms with Crippen molar-refractivity contribution >= 4 is 33.0 Å². The minimum Gasteiger partial charge on any atom is -0.361 e. The average Bonchev–Trinajstić information content (AvgIpc) is 3.11. The first-order chi connectivity index (χ1) is 9.91. The van der Waals surface area contributed by atoms with E-state index in [-0.39, 0.29) is 10.3 Å². The van der Waals surface area contributed by atoms with E-state index in [1.807, 2.05) is 13.8 Å². The number of rotatable bonds is 3. The van der Waals surface area contributed by atoms with Crippen molar-refractivity contribution in [2.75, 3.05) is 6.54 Å². The lowest BCUT2D eigenvalue weighted by Gasteiger charge is -2.23. The number of aryl methyl sites for hydroxylation is 2. The predicted molar refractivity (Wildman–Crippen MR) is 81.2 cm³/mol. The molecule has 0 spiro atoms. The van der Waals surface area contributed by atoms with E-state index in [1.165, 1.54) is 0 Å². The first-order valence-electron chi connectivity index (χ1n) is 6.61. The maximum atomic E-state index is 12.8. The summed E-state index contributed by atoms with van der Waals surface area (Å²) in [7, 11) is -3.53. The largest absolute Gasteiger partial charge is 0.361 e. The molecule has 1 atom stereocenters. The number of nitrogens with zero attached hydrogens (tertiary/aromatic N) is 2. The molecule has 8 heteroatoms. The molecule has 1 fully saturated rings. The van der Waals surface area contributed by atoms with Gasteiger partial charge in [-0.2, -0.15) is 4.31 Å². The summed E-state index contributed by atoms with van der Waals surface area (Å²) >= 11 is 6.96. The zero-order chi connectivity index (χ0) is 15.2. The summed E-state index contributed by atoms with van der Waals surface area (Å²) in [6.45, 7) is 4.17. The molecule has 5 nitrogen and oxygen atoms in total. The van der Waals surface area contributed by atoms with E-state index in [1.54, 1.807) is 16.4 Å². The molecular formula is C13H15ClN2O3S2. The van der Waals surface area contributed by atoms with Crippen LogP contribution >= 0.6 is 22.9 Å². The van der Waals surface area contributed by atoms with Crippen molar-refractivity contribution in [1.82, 2.24) is 9.46 Å². The van der Waals surface area contributed by atoms with Gasteiger partial charge in [0.1, 0.15) is 9.97 Å². The Morgan fingerprint density at radius 2 is 2.19 bits per heavy atom. The van der Waals surface area contributed by atoms with Gasteiger partial charge in [-0.1, -0.05) is 16.8 Å². The van der Waals surface area contributed by atoms with Gasteiger partial charge in [-0.15, -0.1) is 11.3 Å². The Hall–Kier alpha value is -0.890. The topological polar surface area (TPSA) is 63.4 Å². The predicted octanol–water partition coefficient (Wildman–Crippen LogP) is 3.53. The number of thiophene rings is 1. The molecule has 1 unspecified atom stereocenters. The summed E-state index contributed by atoms with van der Waals surface area (Å²) in [5, 5.41) is 3.94. The van der Waals surface area contributed by atoms with Gasteiger partial charge >= 0.3 is 0 Å². The number of hydrogen-bond donors (Lipinski definition) is 0. The molecule has 1 saturated heterocycles. The van der Waals surface area contributed by atoms with E-state index in [9.17, 15) is 8.42 Å². The zero-order valence-electron chi connectivity index (χ0n) is 11.7. The summed E-state index contributed by atoms with van der Waals surface area (Å²) < 4.78 is 33.1. The molecular weight excluding hydrogens is 332 g/mol. The quantitative estimate of drug-likeness (QED) is 0.852. The maximum absolute atomic E-state index is 12.8. The summed E-state index contributed by atoms with van der Waals surface area (Å²) in [4.78, 5) is 0. The first kappa shape index (κ1) is 15.0. The van der Waals surface area contributed by atoms with Crippen LogP contribution in [0.25, 0.3) is 0 Å².